The molecule has 7 heteroatoms. The minimum atomic E-state index is -4.44. The Bertz CT molecular complexity index is 610. The number of halogens is 5. The van der Waals surface area contributed by atoms with Gasteiger partial charge < -0.3 is 9.73 Å². The van der Waals surface area contributed by atoms with Crippen LogP contribution in [0.3, 0.4) is 0 Å². The highest BCUT2D eigenvalue weighted by atomic mass is 79.9. The summed E-state index contributed by atoms with van der Waals surface area (Å²) >= 11 is 6.34. The van der Waals surface area contributed by atoms with Crippen LogP contribution < -0.4 is 5.32 Å². The predicted octanol–water partition coefficient (Wildman–Crippen LogP) is 5.13. The first-order valence-electron chi connectivity index (χ1n) is 5.61. The molecule has 108 valence electrons. The van der Waals surface area contributed by atoms with Crippen LogP contribution in [0.5, 0.6) is 0 Å². The van der Waals surface area contributed by atoms with E-state index in [4.69, 9.17) is 4.42 Å². The van der Waals surface area contributed by atoms with E-state index in [0.717, 1.165) is 6.07 Å². The van der Waals surface area contributed by atoms with Gasteiger partial charge in [0.1, 0.15) is 5.76 Å². The van der Waals surface area contributed by atoms with Gasteiger partial charge in [0.05, 0.1) is 22.3 Å². The van der Waals surface area contributed by atoms with Crippen LogP contribution in [0.25, 0.3) is 0 Å². The first-order valence-corrected chi connectivity index (χ1v) is 7.20. The third-order valence-electron chi connectivity index (χ3n) is 2.83. The van der Waals surface area contributed by atoms with Crippen molar-refractivity contribution in [3.8, 4) is 0 Å². The van der Waals surface area contributed by atoms with Crippen LogP contribution in [0.4, 0.5) is 13.2 Å². The van der Waals surface area contributed by atoms with Crippen LogP contribution in [-0.4, -0.2) is 7.05 Å². The summed E-state index contributed by atoms with van der Waals surface area (Å²) in [6.07, 6.45) is -3.01. The third kappa shape index (κ3) is 3.10. The highest BCUT2D eigenvalue weighted by Crippen LogP contribution is 2.39. The second-order valence-electron chi connectivity index (χ2n) is 4.08. The fourth-order valence-electron chi connectivity index (χ4n) is 1.96. The van der Waals surface area contributed by atoms with Crippen molar-refractivity contribution in [2.45, 2.75) is 12.2 Å². The first-order chi connectivity index (χ1) is 9.34. The lowest BCUT2D eigenvalue weighted by molar-refractivity contribution is -0.138. The lowest BCUT2D eigenvalue weighted by Crippen LogP contribution is -2.22. The van der Waals surface area contributed by atoms with Crippen LogP contribution in [0.2, 0.25) is 0 Å². The second kappa shape index (κ2) is 5.91. The van der Waals surface area contributed by atoms with Gasteiger partial charge in [-0.05, 0) is 46.7 Å². The SMILES string of the molecule is CNC(c1ccc(Br)cc1C(F)(F)F)c1occc1Br. The zero-order chi connectivity index (χ0) is 14.9. The minimum Gasteiger partial charge on any atom is -0.466 e. The highest BCUT2D eigenvalue weighted by Gasteiger charge is 2.36. The van der Waals surface area contributed by atoms with E-state index in [9.17, 15) is 13.2 Å². The van der Waals surface area contributed by atoms with E-state index >= 15 is 0 Å². The number of rotatable bonds is 3. The van der Waals surface area contributed by atoms with Crippen molar-refractivity contribution in [3.63, 3.8) is 0 Å². The number of furan rings is 1. The zero-order valence-electron chi connectivity index (χ0n) is 10.3. The summed E-state index contributed by atoms with van der Waals surface area (Å²) < 4.78 is 45.8. The summed E-state index contributed by atoms with van der Waals surface area (Å²) in [7, 11) is 1.59. The summed E-state index contributed by atoms with van der Waals surface area (Å²) in [6, 6.07) is 5.03. The average Bonchev–Trinajstić information content (AvgIpc) is 2.77. The van der Waals surface area contributed by atoms with Crippen LogP contribution in [-0.2, 0) is 6.18 Å². The topological polar surface area (TPSA) is 25.2 Å². The van der Waals surface area contributed by atoms with E-state index in [-0.39, 0.29) is 5.56 Å². The maximum absolute atomic E-state index is 13.2. The molecule has 0 spiro atoms. The summed E-state index contributed by atoms with van der Waals surface area (Å²) in [4.78, 5) is 0. The predicted molar refractivity (Wildman–Crippen MR) is 76.5 cm³/mol. The molecular weight excluding hydrogens is 403 g/mol. The first kappa shape index (κ1) is 15.6. The van der Waals surface area contributed by atoms with Gasteiger partial charge in [0.25, 0.3) is 0 Å². The van der Waals surface area contributed by atoms with Gasteiger partial charge in [0, 0.05) is 4.47 Å². The molecule has 0 amide bonds. The molecule has 0 aliphatic rings. The molecule has 0 bridgehead atoms. The Morgan fingerprint density at radius 3 is 2.40 bits per heavy atom. The number of nitrogens with one attached hydrogen (secondary N) is 1. The van der Waals surface area contributed by atoms with Gasteiger partial charge in [-0.15, -0.1) is 0 Å². The molecule has 0 saturated heterocycles. The Kier molecular flexibility index (Phi) is 4.61. The van der Waals surface area contributed by atoms with Gasteiger partial charge in [-0.3, -0.25) is 0 Å². The van der Waals surface area contributed by atoms with E-state index in [1.54, 1.807) is 19.2 Å². The summed E-state index contributed by atoms with van der Waals surface area (Å²) in [5.41, 5.74) is -0.589. The molecule has 1 atom stereocenters. The van der Waals surface area contributed by atoms with E-state index < -0.39 is 17.8 Å². The number of alkyl halides is 3. The largest absolute Gasteiger partial charge is 0.466 e. The Hall–Kier alpha value is -0.790. The molecule has 0 aliphatic heterocycles. The van der Waals surface area contributed by atoms with E-state index in [2.05, 4.69) is 37.2 Å². The standard InChI is InChI=1S/C13H10Br2F3NO/c1-19-11(12-10(15)4-5-20-12)8-3-2-7(14)6-9(8)13(16,17)18/h2-6,11,19H,1H3. The van der Waals surface area contributed by atoms with Crippen molar-refractivity contribution < 1.29 is 17.6 Å². The molecule has 2 aromatic rings. The molecule has 1 unspecified atom stereocenters. The van der Waals surface area contributed by atoms with Crippen LogP contribution in [0.1, 0.15) is 22.9 Å². The van der Waals surface area contributed by atoms with Crippen molar-refractivity contribution in [3.05, 3.63) is 56.4 Å². The quantitative estimate of drug-likeness (QED) is 0.755. The Morgan fingerprint density at radius 2 is 1.90 bits per heavy atom. The maximum atomic E-state index is 13.2. The van der Waals surface area contributed by atoms with Crippen molar-refractivity contribution in [2.75, 3.05) is 7.05 Å². The molecule has 2 rings (SSSR count). The van der Waals surface area contributed by atoms with Crippen molar-refractivity contribution >= 4 is 31.9 Å². The molecule has 0 radical (unpaired) electrons. The fraction of sp³-hybridized carbons (Fsp3) is 0.231. The smallest absolute Gasteiger partial charge is 0.416 e. The van der Waals surface area contributed by atoms with Gasteiger partial charge in [0.15, 0.2) is 0 Å². The Balaban J connectivity index is 2.59. The molecular formula is C13H10Br2F3NO. The van der Waals surface area contributed by atoms with Crippen LogP contribution >= 0.6 is 31.9 Å². The number of hydrogen-bond acceptors (Lipinski definition) is 2. The van der Waals surface area contributed by atoms with Gasteiger partial charge in [-0.25, -0.2) is 0 Å². The fourth-order valence-corrected chi connectivity index (χ4v) is 2.76. The number of hydrogen-bond donors (Lipinski definition) is 1. The van der Waals surface area contributed by atoms with E-state index in [1.807, 2.05) is 0 Å². The summed E-state index contributed by atoms with van der Waals surface area (Å²) in [5, 5.41) is 2.85. The molecule has 2 nitrogen and oxygen atoms in total. The van der Waals surface area contributed by atoms with Crippen LogP contribution in [0, 0.1) is 0 Å². The van der Waals surface area contributed by atoms with E-state index in [1.165, 1.54) is 12.3 Å². The lowest BCUT2D eigenvalue weighted by atomic mass is 9.98. The van der Waals surface area contributed by atoms with Crippen molar-refractivity contribution in [1.29, 1.82) is 0 Å². The molecule has 1 aromatic carbocycles. The summed E-state index contributed by atoms with van der Waals surface area (Å²) in [5.74, 6) is 0.403. The van der Waals surface area contributed by atoms with E-state index in [0.29, 0.717) is 14.7 Å². The van der Waals surface area contributed by atoms with Gasteiger partial charge in [-0.1, -0.05) is 22.0 Å². The Morgan fingerprint density at radius 1 is 1.20 bits per heavy atom. The van der Waals surface area contributed by atoms with Gasteiger partial charge in [-0.2, -0.15) is 13.2 Å². The molecule has 0 fully saturated rings. The molecule has 20 heavy (non-hydrogen) atoms. The minimum absolute atomic E-state index is 0.110. The average molecular weight is 413 g/mol. The number of benzene rings is 1. The normalized spacial score (nSPS) is 13.5. The van der Waals surface area contributed by atoms with Crippen LogP contribution in [0.15, 0.2) is 43.9 Å². The van der Waals surface area contributed by atoms with Crippen molar-refractivity contribution in [1.82, 2.24) is 5.32 Å². The molecule has 1 heterocycles. The summed E-state index contributed by atoms with van der Waals surface area (Å²) in [6.45, 7) is 0. The third-order valence-corrected chi connectivity index (χ3v) is 3.98. The lowest BCUT2D eigenvalue weighted by Gasteiger charge is -2.20. The molecule has 0 aliphatic carbocycles. The Labute approximate surface area is 130 Å². The second-order valence-corrected chi connectivity index (χ2v) is 5.85. The maximum Gasteiger partial charge on any atom is 0.416 e. The molecule has 1 aromatic heterocycles. The highest BCUT2D eigenvalue weighted by molar-refractivity contribution is 9.10. The van der Waals surface area contributed by atoms with Gasteiger partial charge in [0.2, 0.25) is 0 Å². The zero-order valence-corrected chi connectivity index (χ0v) is 13.4. The van der Waals surface area contributed by atoms with Gasteiger partial charge >= 0.3 is 6.18 Å². The molecule has 0 saturated carbocycles. The monoisotopic (exact) mass is 411 g/mol. The van der Waals surface area contributed by atoms with Crippen molar-refractivity contribution in [2.24, 2.45) is 0 Å². The molecule has 1 N–H and O–H groups in total.